The minimum atomic E-state index is -4.49. The molecule has 0 saturated heterocycles. The number of nitrogens with zero attached hydrogens (tertiary/aromatic N) is 2. The molecule has 186 valence electrons. The highest BCUT2D eigenvalue weighted by Crippen LogP contribution is 2.46. The second kappa shape index (κ2) is 9.47. The lowest BCUT2D eigenvalue weighted by Gasteiger charge is -2.39. The average molecular weight is 490 g/mol. The van der Waals surface area contributed by atoms with Crippen molar-refractivity contribution < 1.29 is 32.6 Å². The van der Waals surface area contributed by atoms with Crippen LogP contribution in [0.25, 0.3) is 11.1 Å². The number of rotatable bonds is 3. The lowest BCUT2D eigenvalue weighted by atomic mass is 9.91. The molecular weight excluding hydrogens is 465 g/mol. The Labute approximate surface area is 199 Å². The topological polar surface area (TPSA) is 103 Å². The van der Waals surface area contributed by atoms with Crippen LogP contribution < -0.4 is 20.4 Å². The first kappa shape index (κ1) is 24.4. The number of hydrazone groups is 1. The van der Waals surface area contributed by atoms with Crippen molar-refractivity contribution in [1.29, 1.82) is 0 Å². The number of ether oxygens (including phenoxy) is 1. The fourth-order valence-electron chi connectivity index (χ4n) is 4.15. The van der Waals surface area contributed by atoms with Crippen molar-refractivity contribution in [3.05, 3.63) is 42.0 Å². The molecule has 8 nitrogen and oxygen atoms in total. The van der Waals surface area contributed by atoms with Crippen molar-refractivity contribution in [1.82, 2.24) is 5.43 Å². The van der Waals surface area contributed by atoms with E-state index in [1.807, 2.05) is 0 Å². The van der Waals surface area contributed by atoms with Gasteiger partial charge in [-0.15, -0.1) is 0 Å². The van der Waals surface area contributed by atoms with Gasteiger partial charge in [0.05, 0.1) is 11.3 Å². The summed E-state index contributed by atoms with van der Waals surface area (Å²) in [5.41, 5.74) is 3.49. The Hall–Kier alpha value is -3.76. The number of alkyl halides is 3. The largest absolute Gasteiger partial charge is 0.483 e. The molecule has 3 N–H and O–H groups in total. The highest BCUT2D eigenvalue weighted by molar-refractivity contribution is 6.10. The molecule has 35 heavy (non-hydrogen) atoms. The summed E-state index contributed by atoms with van der Waals surface area (Å²) in [4.78, 5) is 23.0. The normalized spacial score (nSPS) is 19.0. The van der Waals surface area contributed by atoms with E-state index in [2.05, 4.69) is 15.8 Å². The number of aliphatic carboxylic acids is 1. The molecule has 3 aliphatic rings. The Bertz CT molecular complexity index is 1170. The molecule has 0 spiro atoms. The van der Waals surface area contributed by atoms with Gasteiger partial charge in [0, 0.05) is 24.2 Å². The summed E-state index contributed by atoms with van der Waals surface area (Å²) in [6, 6.07) is 8.65. The van der Waals surface area contributed by atoms with Crippen LogP contribution in [0.1, 0.15) is 38.7 Å². The monoisotopic (exact) mass is 490 g/mol. The minimum Gasteiger partial charge on any atom is -0.483 e. The Kier molecular flexibility index (Phi) is 6.60. The van der Waals surface area contributed by atoms with Crippen LogP contribution in [-0.4, -0.2) is 41.5 Å². The standard InChI is InChI=1S/C22H21F3N4O2.C2H4O2/c1-12-21(30)28-27-20-11-31-19-9-15(14-7-2-3-8-16(14)22(23,24)25)17(10-18(19)29(12)20)26-13-5-4-6-13;1-2(3)4/h2-3,7-10,12-13,26H,4-6,11H2,1H3,(H,28,30);1H3,(H,3,4). The van der Waals surface area contributed by atoms with Crippen molar-refractivity contribution in [3.63, 3.8) is 0 Å². The summed E-state index contributed by atoms with van der Waals surface area (Å²) in [5, 5.41) is 14.9. The number of carbonyl (C=O) groups is 2. The van der Waals surface area contributed by atoms with Gasteiger partial charge in [0.15, 0.2) is 5.84 Å². The molecule has 2 heterocycles. The third-order valence-corrected chi connectivity index (χ3v) is 6.04. The number of carboxylic acid groups (broad SMARTS) is 1. The van der Waals surface area contributed by atoms with E-state index in [1.54, 1.807) is 30.0 Å². The van der Waals surface area contributed by atoms with Crippen LogP contribution in [0.15, 0.2) is 41.5 Å². The van der Waals surface area contributed by atoms with Gasteiger partial charge in [-0.25, -0.2) is 5.43 Å². The van der Waals surface area contributed by atoms with E-state index in [1.165, 1.54) is 12.1 Å². The van der Waals surface area contributed by atoms with Gasteiger partial charge in [-0.1, -0.05) is 18.2 Å². The Balaban J connectivity index is 0.000000672. The second-order valence-corrected chi connectivity index (χ2v) is 8.54. The van der Waals surface area contributed by atoms with Gasteiger partial charge in [-0.05, 0) is 49.9 Å². The van der Waals surface area contributed by atoms with Crippen LogP contribution in [0, 0.1) is 0 Å². The molecule has 1 fully saturated rings. The Morgan fingerprint density at radius 1 is 1.23 bits per heavy atom. The van der Waals surface area contributed by atoms with E-state index in [0.29, 0.717) is 28.5 Å². The van der Waals surface area contributed by atoms with Crippen LogP contribution in [0.4, 0.5) is 24.5 Å². The first-order valence-corrected chi connectivity index (χ1v) is 11.2. The molecule has 1 amide bonds. The van der Waals surface area contributed by atoms with Gasteiger partial charge in [-0.2, -0.15) is 18.3 Å². The van der Waals surface area contributed by atoms with Gasteiger partial charge in [-0.3, -0.25) is 9.59 Å². The van der Waals surface area contributed by atoms with Crippen LogP contribution in [0.5, 0.6) is 5.75 Å². The molecule has 11 heteroatoms. The first-order valence-electron chi connectivity index (χ1n) is 11.2. The van der Waals surface area contributed by atoms with E-state index in [-0.39, 0.29) is 24.1 Å². The Morgan fingerprint density at radius 3 is 2.54 bits per heavy atom. The average Bonchev–Trinajstić information content (AvgIpc) is 2.77. The lowest BCUT2D eigenvalue weighted by molar-refractivity contribution is -0.137. The number of halogens is 3. The van der Waals surface area contributed by atoms with Crippen molar-refractivity contribution >= 4 is 29.1 Å². The number of hydrogen-bond donors (Lipinski definition) is 3. The van der Waals surface area contributed by atoms with E-state index >= 15 is 0 Å². The zero-order chi connectivity index (χ0) is 25.3. The first-order chi connectivity index (χ1) is 16.6. The molecule has 5 rings (SSSR count). The van der Waals surface area contributed by atoms with Gasteiger partial charge in [0.1, 0.15) is 18.4 Å². The van der Waals surface area contributed by atoms with Crippen LogP contribution in [0.3, 0.4) is 0 Å². The maximum absolute atomic E-state index is 13.7. The summed E-state index contributed by atoms with van der Waals surface area (Å²) in [7, 11) is 0. The predicted octanol–water partition coefficient (Wildman–Crippen LogP) is 4.46. The van der Waals surface area contributed by atoms with Crippen LogP contribution in [-0.2, 0) is 15.8 Å². The van der Waals surface area contributed by atoms with Gasteiger partial charge >= 0.3 is 6.18 Å². The molecule has 1 unspecified atom stereocenters. The summed E-state index contributed by atoms with van der Waals surface area (Å²) in [6.07, 6.45) is -1.48. The summed E-state index contributed by atoms with van der Waals surface area (Å²) >= 11 is 0. The molecule has 0 bridgehead atoms. The third kappa shape index (κ3) is 5.03. The van der Waals surface area contributed by atoms with E-state index in [9.17, 15) is 18.0 Å². The molecule has 2 aromatic rings. The maximum atomic E-state index is 13.7. The highest BCUT2D eigenvalue weighted by atomic mass is 19.4. The van der Waals surface area contributed by atoms with E-state index in [4.69, 9.17) is 14.6 Å². The molecule has 1 atom stereocenters. The summed E-state index contributed by atoms with van der Waals surface area (Å²) in [5.74, 6) is -0.110. The number of anilines is 2. The fourth-order valence-corrected chi connectivity index (χ4v) is 4.15. The third-order valence-electron chi connectivity index (χ3n) is 6.04. The molecule has 0 aromatic heterocycles. The molecule has 0 radical (unpaired) electrons. The van der Waals surface area contributed by atoms with Gasteiger partial charge < -0.3 is 20.1 Å². The number of hydrogen-bond acceptors (Lipinski definition) is 6. The van der Waals surface area contributed by atoms with Gasteiger partial charge in [0.25, 0.3) is 11.9 Å². The molecule has 2 aromatic carbocycles. The highest BCUT2D eigenvalue weighted by Gasteiger charge is 2.38. The van der Waals surface area contributed by atoms with E-state index < -0.39 is 23.8 Å². The number of amides is 1. The van der Waals surface area contributed by atoms with Crippen LogP contribution in [0.2, 0.25) is 0 Å². The second-order valence-electron chi connectivity index (χ2n) is 8.54. The zero-order valence-electron chi connectivity index (χ0n) is 19.1. The van der Waals surface area contributed by atoms with Crippen molar-refractivity contribution in [2.75, 3.05) is 16.8 Å². The zero-order valence-corrected chi connectivity index (χ0v) is 19.1. The summed E-state index contributed by atoms with van der Waals surface area (Å²) in [6.45, 7) is 2.96. The number of carboxylic acids is 1. The smallest absolute Gasteiger partial charge is 0.417 e. The van der Waals surface area contributed by atoms with Crippen molar-refractivity contribution in [2.45, 2.75) is 51.4 Å². The van der Waals surface area contributed by atoms with Gasteiger partial charge in [0.2, 0.25) is 0 Å². The maximum Gasteiger partial charge on any atom is 0.417 e. The number of nitrogens with one attached hydrogen (secondary N) is 2. The summed E-state index contributed by atoms with van der Waals surface area (Å²) < 4.78 is 47.1. The van der Waals surface area contributed by atoms with Crippen LogP contribution >= 0.6 is 0 Å². The quantitative estimate of drug-likeness (QED) is 0.587. The Morgan fingerprint density at radius 2 is 1.91 bits per heavy atom. The van der Waals surface area contributed by atoms with Crippen molar-refractivity contribution in [3.8, 4) is 16.9 Å². The number of fused-ring (bicyclic) bond motifs is 3. The molecular formula is C24H25F3N4O4. The molecule has 2 aliphatic heterocycles. The van der Waals surface area contributed by atoms with Crippen molar-refractivity contribution in [2.24, 2.45) is 5.10 Å². The number of carbonyl (C=O) groups excluding carboxylic acids is 1. The fraction of sp³-hybridized carbons (Fsp3) is 0.375. The van der Waals surface area contributed by atoms with E-state index in [0.717, 1.165) is 32.3 Å². The molecule has 1 saturated carbocycles. The lowest BCUT2D eigenvalue weighted by Crippen LogP contribution is -2.55. The number of benzene rings is 2. The minimum absolute atomic E-state index is 0.0899. The SMILES string of the molecule is CC(=O)O.CC1C(=O)NN=C2COc3cc(-c4ccccc4C(F)(F)F)c(NC4CCC4)cc3N21. The predicted molar refractivity (Wildman–Crippen MR) is 124 cm³/mol. The number of amidine groups is 1. The molecule has 1 aliphatic carbocycles.